The number of methoxy groups -OCH3 is 1. The quantitative estimate of drug-likeness (QED) is 0.780. The largest absolute Gasteiger partial charge is 0.496 e. The number of aliphatic carboxylic acids is 1. The van der Waals surface area contributed by atoms with Gasteiger partial charge in [-0.1, -0.05) is 18.2 Å². The molecule has 0 spiro atoms. The van der Waals surface area contributed by atoms with E-state index in [4.69, 9.17) is 21.4 Å². The zero-order valence-corrected chi connectivity index (χ0v) is 8.49. The molecule has 3 nitrogen and oxygen atoms in total. The first-order valence-electron chi connectivity index (χ1n) is 4.14. The van der Waals surface area contributed by atoms with Crippen molar-refractivity contribution in [3.63, 3.8) is 0 Å². The minimum Gasteiger partial charge on any atom is -0.496 e. The molecule has 0 saturated carbocycles. The molecule has 0 amide bonds. The van der Waals surface area contributed by atoms with Crippen molar-refractivity contribution in [2.45, 2.75) is 11.8 Å². The van der Waals surface area contributed by atoms with E-state index in [0.29, 0.717) is 5.75 Å². The topological polar surface area (TPSA) is 46.5 Å². The number of carboxylic acid groups (broad SMARTS) is 1. The van der Waals surface area contributed by atoms with Crippen LogP contribution in [0.25, 0.3) is 0 Å². The number of benzene rings is 1. The molecule has 76 valence electrons. The maximum Gasteiger partial charge on any atom is 0.321 e. The third kappa shape index (κ3) is 2.64. The van der Waals surface area contributed by atoms with Crippen LogP contribution in [0.15, 0.2) is 24.3 Å². The summed E-state index contributed by atoms with van der Waals surface area (Å²) in [7, 11) is 1.54. The van der Waals surface area contributed by atoms with E-state index in [-0.39, 0.29) is 6.42 Å². The van der Waals surface area contributed by atoms with Crippen LogP contribution in [0.5, 0.6) is 5.75 Å². The number of ether oxygens (including phenoxy) is 1. The standard InChI is InChI=1S/C10H11ClO3/c1-14-9-5-3-2-4-7(9)6-8(11)10(12)13/h2-5,8H,6H2,1H3,(H,12,13)/t8-/m1/s1. The van der Waals surface area contributed by atoms with Crippen molar-refractivity contribution in [1.82, 2.24) is 0 Å². The second-order valence-electron chi connectivity index (χ2n) is 2.82. The maximum atomic E-state index is 10.5. The van der Waals surface area contributed by atoms with Gasteiger partial charge in [-0.15, -0.1) is 11.6 Å². The Hall–Kier alpha value is -1.22. The molecule has 1 aromatic rings. The van der Waals surface area contributed by atoms with Crippen LogP contribution in [-0.2, 0) is 11.2 Å². The second kappa shape index (κ2) is 4.86. The van der Waals surface area contributed by atoms with Crippen LogP contribution in [0.2, 0.25) is 0 Å². The summed E-state index contributed by atoms with van der Waals surface area (Å²) in [6.45, 7) is 0. The van der Waals surface area contributed by atoms with E-state index in [1.807, 2.05) is 12.1 Å². The smallest absolute Gasteiger partial charge is 0.321 e. The molecule has 14 heavy (non-hydrogen) atoms. The Bertz CT molecular complexity index is 325. The van der Waals surface area contributed by atoms with E-state index >= 15 is 0 Å². The van der Waals surface area contributed by atoms with E-state index in [1.165, 1.54) is 0 Å². The summed E-state index contributed by atoms with van der Waals surface area (Å²) in [4.78, 5) is 10.5. The summed E-state index contributed by atoms with van der Waals surface area (Å²) in [5, 5.41) is 7.72. The van der Waals surface area contributed by atoms with Gasteiger partial charge in [0, 0.05) is 6.42 Å². The molecule has 1 aromatic carbocycles. The number of carbonyl (C=O) groups is 1. The Labute approximate surface area is 87.3 Å². The minimum absolute atomic E-state index is 0.265. The van der Waals surface area contributed by atoms with E-state index in [1.54, 1.807) is 19.2 Å². The molecular formula is C10H11ClO3. The van der Waals surface area contributed by atoms with Gasteiger partial charge in [-0.3, -0.25) is 4.79 Å². The number of alkyl halides is 1. The summed E-state index contributed by atoms with van der Waals surface area (Å²) in [5.74, 6) is -0.350. The predicted octanol–water partition coefficient (Wildman–Crippen LogP) is 1.93. The van der Waals surface area contributed by atoms with Crippen LogP contribution in [0.4, 0.5) is 0 Å². The molecular weight excluding hydrogens is 204 g/mol. The van der Waals surface area contributed by atoms with Gasteiger partial charge < -0.3 is 9.84 Å². The number of hydrogen-bond donors (Lipinski definition) is 1. The van der Waals surface area contributed by atoms with Gasteiger partial charge in [0.05, 0.1) is 7.11 Å². The summed E-state index contributed by atoms with van der Waals surface area (Å²) < 4.78 is 5.07. The van der Waals surface area contributed by atoms with Crippen molar-refractivity contribution < 1.29 is 14.6 Å². The second-order valence-corrected chi connectivity index (χ2v) is 3.35. The molecule has 0 saturated heterocycles. The fraction of sp³-hybridized carbons (Fsp3) is 0.300. The summed E-state index contributed by atoms with van der Waals surface area (Å²) >= 11 is 5.62. The number of carboxylic acids is 1. The normalized spacial score (nSPS) is 12.1. The highest BCUT2D eigenvalue weighted by Crippen LogP contribution is 2.20. The Balaban J connectivity index is 2.80. The number of para-hydroxylation sites is 1. The van der Waals surface area contributed by atoms with E-state index < -0.39 is 11.3 Å². The van der Waals surface area contributed by atoms with Gasteiger partial charge in [0.15, 0.2) is 0 Å². The molecule has 0 fully saturated rings. The fourth-order valence-electron chi connectivity index (χ4n) is 1.15. The molecule has 4 heteroatoms. The van der Waals surface area contributed by atoms with Crippen LogP contribution in [0.1, 0.15) is 5.56 Å². The Morgan fingerprint density at radius 1 is 1.57 bits per heavy atom. The van der Waals surface area contributed by atoms with Crippen LogP contribution >= 0.6 is 11.6 Å². The molecule has 0 heterocycles. The predicted molar refractivity (Wildman–Crippen MR) is 54.0 cm³/mol. The molecule has 0 bridgehead atoms. The SMILES string of the molecule is COc1ccccc1C[C@@H](Cl)C(=O)O. The van der Waals surface area contributed by atoms with Crippen molar-refractivity contribution in [2.75, 3.05) is 7.11 Å². The molecule has 0 aliphatic heterocycles. The van der Waals surface area contributed by atoms with Gasteiger partial charge in [0.25, 0.3) is 0 Å². The van der Waals surface area contributed by atoms with E-state index in [0.717, 1.165) is 5.56 Å². The van der Waals surface area contributed by atoms with Crippen molar-refractivity contribution in [3.05, 3.63) is 29.8 Å². The van der Waals surface area contributed by atoms with Gasteiger partial charge in [-0.05, 0) is 11.6 Å². The molecule has 1 atom stereocenters. The monoisotopic (exact) mass is 214 g/mol. The Morgan fingerprint density at radius 3 is 2.79 bits per heavy atom. The maximum absolute atomic E-state index is 10.5. The molecule has 0 unspecified atom stereocenters. The van der Waals surface area contributed by atoms with Crippen molar-refractivity contribution in [3.8, 4) is 5.75 Å². The molecule has 0 aliphatic rings. The molecule has 1 rings (SSSR count). The van der Waals surface area contributed by atoms with Crippen LogP contribution in [0.3, 0.4) is 0 Å². The van der Waals surface area contributed by atoms with Gasteiger partial charge in [0.2, 0.25) is 0 Å². The van der Waals surface area contributed by atoms with Gasteiger partial charge in [0.1, 0.15) is 11.1 Å². The zero-order chi connectivity index (χ0) is 10.6. The Morgan fingerprint density at radius 2 is 2.21 bits per heavy atom. The lowest BCUT2D eigenvalue weighted by Gasteiger charge is -2.09. The van der Waals surface area contributed by atoms with Crippen LogP contribution in [0, 0.1) is 0 Å². The van der Waals surface area contributed by atoms with E-state index in [9.17, 15) is 4.79 Å². The summed E-state index contributed by atoms with van der Waals surface area (Å²) in [6, 6.07) is 7.23. The highest BCUT2D eigenvalue weighted by atomic mass is 35.5. The lowest BCUT2D eigenvalue weighted by atomic mass is 10.1. The van der Waals surface area contributed by atoms with Crippen molar-refractivity contribution >= 4 is 17.6 Å². The van der Waals surface area contributed by atoms with Crippen LogP contribution in [-0.4, -0.2) is 23.6 Å². The fourth-order valence-corrected chi connectivity index (χ4v) is 1.32. The highest BCUT2D eigenvalue weighted by Gasteiger charge is 2.16. The summed E-state index contributed by atoms with van der Waals surface area (Å²) in [6.07, 6.45) is 0.265. The Kier molecular flexibility index (Phi) is 3.77. The van der Waals surface area contributed by atoms with E-state index in [2.05, 4.69) is 0 Å². The molecule has 0 aromatic heterocycles. The third-order valence-electron chi connectivity index (χ3n) is 1.86. The molecule has 0 radical (unpaired) electrons. The highest BCUT2D eigenvalue weighted by molar-refractivity contribution is 6.29. The molecule has 1 N–H and O–H groups in total. The molecule has 0 aliphatic carbocycles. The number of hydrogen-bond acceptors (Lipinski definition) is 2. The first-order valence-corrected chi connectivity index (χ1v) is 4.57. The van der Waals surface area contributed by atoms with Crippen molar-refractivity contribution in [1.29, 1.82) is 0 Å². The van der Waals surface area contributed by atoms with Gasteiger partial charge in [-0.2, -0.15) is 0 Å². The third-order valence-corrected chi connectivity index (χ3v) is 2.20. The summed E-state index contributed by atoms with van der Waals surface area (Å²) in [5.41, 5.74) is 0.803. The number of halogens is 1. The lowest BCUT2D eigenvalue weighted by Crippen LogP contribution is -2.16. The minimum atomic E-state index is -1.02. The number of rotatable bonds is 4. The van der Waals surface area contributed by atoms with Gasteiger partial charge >= 0.3 is 5.97 Å². The average Bonchev–Trinajstić information content (AvgIpc) is 2.18. The van der Waals surface area contributed by atoms with Crippen LogP contribution < -0.4 is 4.74 Å². The zero-order valence-electron chi connectivity index (χ0n) is 7.74. The van der Waals surface area contributed by atoms with Gasteiger partial charge in [-0.25, -0.2) is 0 Å². The average molecular weight is 215 g/mol. The first-order chi connectivity index (χ1) is 6.65. The lowest BCUT2D eigenvalue weighted by molar-refractivity contribution is -0.136. The first kappa shape index (κ1) is 10.9. The van der Waals surface area contributed by atoms with Crippen molar-refractivity contribution in [2.24, 2.45) is 0 Å².